The third-order valence-corrected chi connectivity index (χ3v) is 5.27. The van der Waals surface area contributed by atoms with Gasteiger partial charge in [0.2, 0.25) is 0 Å². The highest BCUT2D eigenvalue weighted by Gasteiger charge is 2.18. The molecule has 24 heavy (non-hydrogen) atoms. The second-order valence-electron chi connectivity index (χ2n) is 4.84. The van der Waals surface area contributed by atoms with Gasteiger partial charge in [0.25, 0.3) is 0 Å². The fraction of sp³-hybridized carbons (Fsp3) is 0.125. The van der Waals surface area contributed by atoms with Gasteiger partial charge >= 0.3 is 0 Å². The minimum atomic E-state index is 0. The number of benzene rings is 2. The zero-order chi connectivity index (χ0) is 16.2. The first-order valence-electron chi connectivity index (χ1n) is 6.81. The van der Waals surface area contributed by atoms with E-state index >= 15 is 0 Å². The Morgan fingerprint density at radius 1 is 1.00 bits per heavy atom. The molecule has 0 fully saturated rings. The molecule has 3 aromatic rings. The molecule has 1 atom stereocenters. The highest BCUT2D eigenvalue weighted by Crippen LogP contribution is 2.40. The average Bonchev–Trinajstić information content (AvgIpc) is 3.02. The van der Waals surface area contributed by atoms with Crippen molar-refractivity contribution < 1.29 is 0 Å². The monoisotopic (exact) mass is 419 g/mol. The maximum atomic E-state index is 6.39. The summed E-state index contributed by atoms with van der Waals surface area (Å²) >= 11 is 20.0. The maximum Gasteiger partial charge on any atom is 0.137 e. The van der Waals surface area contributed by atoms with Crippen LogP contribution in [0.1, 0.15) is 10.8 Å². The van der Waals surface area contributed by atoms with Crippen LogP contribution >= 0.6 is 59.0 Å². The van der Waals surface area contributed by atoms with Gasteiger partial charge in [0, 0.05) is 20.0 Å². The molecule has 0 aliphatic carbocycles. The van der Waals surface area contributed by atoms with E-state index in [4.69, 9.17) is 34.8 Å². The van der Waals surface area contributed by atoms with Gasteiger partial charge in [-0.15, -0.1) is 24.2 Å². The lowest BCUT2D eigenvalue weighted by atomic mass is 10.1. The third-order valence-electron chi connectivity index (χ3n) is 3.22. The van der Waals surface area contributed by atoms with Crippen LogP contribution in [-0.4, -0.2) is 14.8 Å². The number of hydrogen-bond donors (Lipinski definition) is 0. The van der Waals surface area contributed by atoms with E-state index in [0.717, 1.165) is 10.5 Å². The minimum absolute atomic E-state index is 0. The standard InChI is InChI=1S/C16H12Cl3N3S.ClH/c17-11-1-4-13(5-2-11)23-16(8-22-10-20-9-21-22)14-6-3-12(18)7-15(14)19;/h1-7,9-10,16H,8H2;1H. The molecular formula is C16H13Cl4N3S. The molecule has 126 valence electrons. The summed E-state index contributed by atoms with van der Waals surface area (Å²) in [4.78, 5) is 5.10. The van der Waals surface area contributed by atoms with E-state index < -0.39 is 0 Å². The molecular weight excluding hydrogens is 408 g/mol. The normalized spacial score (nSPS) is 11.8. The second-order valence-corrected chi connectivity index (χ2v) is 7.40. The maximum absolute atomic E-state index is 6.39. The van der Waals surface area contributed by atoms with Crippen molar-refractivity contribution in [1.29, 1.82) is 0 Å². The van der Waals surface area contributed by atoms with E-state index in [2.05, 4.69) is 10.1 Å². The smallest absolute Gasteiger partial charge is 0.137 e. The van der Waals surface area contributed by atoms with Crippen LogP contribution in [0.5, 0.6) is 0 Å². The Labute approximate surface area is 165 Å². The first-order valence-corrected chi connectivity index (χ1v) is 8.83. The fourth-order valence-electron chi connectivity index (χ4n) is 2.14. The Morgan fingerprint density at radius 2 is 1.71 bits per heavy atom. The van der Waals surface area contributed by atoms with Crippen molar-refractivity contribution >= 4 is 59.0 Å². The van der Waals surface area contributed by atoms with Gasteiger partial charge in [0.05, 0.1) is 11.8 Å². The molecule has 0 aliphatic rings. The average molecular weight is 421 g/mol. The molecule has 0 radical (unpaired) electrons. The fourth-order valence-corrected chi connectivity index (χ4v) is 4.05. The molecule has 0 saturated carbocycles. The molecule has 0 amide bonds. The highest BCUT2D eigenvalue weighted by molar-refractivity contribution is 7.99. The number of thioether (sulfide) groups is 1. The van der Waals surface area contributed by atoms with Gasteiger partial charge in [-0.2, -0.15) is 5.10 Å². The minimum Gasteiger partial charge on any atom is -0.252 e. The van der Waals surface area contributed by atoms with Crippen LogP contribution in [0.25, 0.3) is 0 Å². The van der Waals surface area contributed by atoms with Crippen LogP contribution in [0.4, 0.5) is 0 Å². The van der Waals surface area contributed by atoms with E-state index in [-0.39, 0.29) is 17.7 Å². The summed E-state index contributed by atoms with van der Waals surface area (Å²) in [6.45, 7) is 0.647. The summed E-state index contributed by atoms with van der Waals surface area (Å²) in [5.74, 6) is 0. The molecule has 1 aromatic heterocycles. The van der Waals surface area contributed by atoms with Crippen molar-refractivity contribution in [2.45, 2.75) is 16.7 Å². The van der Waals surface area contributed by atoms with Gasteiger partial charge < -0.3 is 0 Å². The van der Waals surface area contributed by atoms with Gasteiger partial charge in [-0.1, -0.05) is 40.9 Å². The lowest BCUT2D eigenvalue weighted by Crippen LogP contribution is -2.07. The summed E-state index contributed by atoms with van der Waals surface area (Å²) < 4.78 is 1.79. The lowest BCUT2D eigenvalue weighted by Gasteiger charge is -2.18. The third kappa shape index (κ3) is 5.04. The van der Waals surface area contributed by atoms with Crippen LogP contribution in [0, 0.1) is 0 Å². The molecule has 3 rings (SSSR count). The lowest BCUT2D eigenvalue weighted by molar-refractivity contribution is 0.604. The zero-order valence-electron chi connectivity index (χ0n) is 12.3. The quantitative estimate of drug-likeness (QED) is 0.460. The van der Waals surface area contributed by atoms with Crippen molar-refractivity contribution in [1.82, 2.24) is 14.8 Å². The van der Waals surface area contributed by atoms with Crippen molar-refractivity contribution in [3.63, 3.8) is 0 Å². The molecule has 0 N–H and O–H groups in total. The predicted octanol–water partition coefficient (Wildman–Crippen LogP) is 6.19. The molecule has 2 aromatic carbocycles. The van der Waals surface area contributed by atoms with E-state index in [1.165, 1.54) is 6.33 Å². The zero-order valence-corrected chi connectivity index (χ0v) is 16.2. The van der Waals surface area contributed by atoms with Gasteiger partial charge in [0.15, 0.2) is 0 Å². The van der Waals surface area contributed by atoms with Gasteiger partial charge in [-0.05, 0) is 42.0 Å². The molecule has 1 heterocycles. The summed E-state index contributed by atoms with van der Waals surface area (Å²) in [6, 6.07) is 13.3. The topological polar surface area (TPSA) is 30.7 Å². The Balaban J connectivity index is 0.00000208. The highest BCUT2D eigenvalue weighted by atomic mass is 35.5. The van der Waals surface area contributed by atoms with Crippen LogP contribution in [0.2, 0.25) is 15.1 Å². The Bertz CT molecular complexity index is 779. The number of hydrogen-bond acceptors (Lipinski definition) is 3. The summed E-state index contributed by atoms with van der Waals surface area (Å²) in [7, 11) is 0. The van der Waals surface area contributed by atoms with Crippen LogP contribution < -0.4 is 0 Å². The molecule has 0 spiro atoms. The van der Waals surface area contributed by atoms with Crippen molar-refractivity contribution in [2.24, 2.45) is 0 Å². The second kappa shape index (κ2) is 8.97. The largest absolute Gasteiger partial charge is 0.252 e. The van der Waals surface area contributed by atoms with E-state index in [1.54, 1.807) is 28.8 Å². The van der Waals surface area contributed by atoms with E-state index in [9.17, 15) is 0 Å². The van der Waals surface area contributed by atoms with E-state index in [0.29, 0.717) is 21.6 Å². The van der Waals surface area contributed by atoms with Crippen LogP contribution in [0.3, 0.4) is 0 Å². The van der Waals surface area contributed by atoms with Gasteiger partial charge in [-0.3, -0.25) is 4.68 Å². The van der Waals surface area contributed by atoms with E-state index in [1.807, 2.05) is 36.4 Å². The number of nitrogens with zero attached hydrogens (tertiary/aromatic N) is 3. The number of halogens is 4. The van der Waals surface area contributed by atoms with Crippen LogP contribution in [-0.2, 0) is 6.54 Å². The van der Waals surface area contributed by atoms with Crippen molar-refractivity contribution in [3.05, 3.63) is 75.8 Å². The van der Waals surface area contributed by atoms with Crippen molar-refractivity contribution in [2.75, 3.05) is 0 Å². The van der Waals surface area contributed by atoms with Gasteiger partial charge in [0.1, 0.15) is 12.7 Å². The summed E-state index contributed by atoms with van der Waals surface area (Å²) in [6.07, 6.45) is 3.22. The molecule has 0 aliphatic heterocycles. The molecule has 0 saturated heterocycles. The molecule has 3 nitrogen and oxygen atoms in total. The molecule has 8 heteroatoms. The molecule has 0 bridgehead atoms. The summed E-state index contributed by atoms with van der Waals surface area (Å²) in [5.41, 5.74) is 1.01. The Kier molecular flexibility index (Phi) is 7.26. The first-order chi connectivity index (χ1) is 11.1. The first kappa shape index (κ1) is 19.4. The van der Waals surface area contributed by atoms with Crippen LogP contribution in [0.15, 0.2) is 60.0 Å². The Morgan fingerprint density at radius 3 is 2.33 bits per heavy atom. The van der Waals surface area contributed by atoms with Gasteiger partial charge in [-0.25, -0.2) is 4.98 Å². The number of aromatic nitrogens is 3. The number of rotatable bonds is 5. The van der Waals surface area contributed by atoms with Crippen molar-refractivity contribution in [3.8, 4) is 0 Å². The predicted molar refractivity (Wildman–Crippen MR) is 104 cm³/mol. The SMILES string of the molecule is Cl.Clc1ccc(SC(Cn2cncn2)c2ccc(Cl)cc2Cl)cc1. The summed E-state index contributed by atoms with van der Waals surface area (Å²) in [5, 5.41) is 6.24. The Hall–Kier alpha value is -0.910. The molecule has 1 unspecified atom stereocenters.